The summed E-state index contributed by atoms with van der Waals surface area (Å²) < 4.78 is 1.66. The molecule has 1 aliphatic rings. The molecule has 0 unspecified atom stereocenters. The summed E-state index contributed by atoms with van der Waals surface area (Å²) in [5, 5.41) is 7.18. The Balaban J connectivity index is 1.48. The first-order chi connectivity index (χ1) is 12.1. The van der Waals surface area contributed by atoms with E-state index in [-0.39, 0.29) is 5.56 Å². The van der Waals surface area contributed by atoms with Gasteiger partial charge >= 0.3 is 0 Å². The van der Waals surface area contributed by atoms with Crippen molar-refractivity contribution in [3.63, 3.8) is 0 Å². The summed E-state index contributed by atoms with van der Waals surface area (Å²) in [6, 6.07) is 7.44. The van der Waals surface area contributed by atoms with Gasteiger partial charge in [0.15, 0.2) is 0 Å². The number of aromatic amines is 1. The van der Waals surface area contributed by atoms with E-state index < -0.39 is 0 Å². The number of hydrogen-bond acceptors (Lipinski definition) is 4. The van der Waals surface area contributed by atoms with Gasteiger partial charge in [0.1, 0.15) is 5.65 Å². The third kappa shape index (κ3) is 3.09. The second-order valence-corrected chi connectivity index (χ2v) is 6.95. The Morgan fingerprint density at radius 3 is 2.76 bits per heavy atom. The van der Waals surface area contributed by atoms with Crippen molar-refractivity contribution in [1.82, 2.24) is 24.5 Å². The predicted molar refractivity (Wildman–Crippen MR) is 96.8 cm³/mol. The predicted octanol–water partition coefficient (Wildman–Crippen LogP) is 2.41. The number of piperidine rings is 1. The molecule has 3 aromatic rings. The summed E-state index contributed by atoms with van der Waals surface area (Å²) in [5.41, 5.74) is 5.02. The molecule has 6 nitrogen and oxygen atoms in total. The minimum atomic E-state index is 0.00186. The van der Waals surface area contributed by atoms with E-state index in [1.165, 1.54) is 11.3 Å². The van der Waals surface area contributed by atoms with E-state index >= 15 is 0 Å². The van der Waals surface area contributed by atoms with E-state index in [2.05, 4.69) is 27.0 Å². The largest absolute Gasteiger partial charge is 0.297 e. The summed E-state index contributed by atoms with van der Waals surface area (Å²) in [7, 11) is 0. The molecule has 1 N–H and O–H groups in total. The van der Waals surface area contributed by atoms with Crippen molar-refractivity contribution < 1.29 is 0 Å². The highest BCUT2D eigenvalue weighted by atomic mass is 16.1. The zero-order valence-corrected chi connectivity index (χ0v) is 14.7. The number of fused-ring (bicyclic) bond motifs is 1. The van der Waals surface area contributed by atoms with Crippen LogP contribution in [0.25, 0.3) is 5.65 Å². The molecule has 0 aromatic carbocycles. The molecular formula is C19H23N5O. The van der Waals surface area contributed by atoms with Gasteiger partial charge in [-0.3, -0.25) is 19.2 Å². The Morgan fingerprint density at radius 1 is 1.24 bits per heavy atom. The maximum atomic E-state index is 12.4. The van der Waals surface area contributed by atoms with Gasteiger partial charge in [-0.2, -0.15) is 5.10 Å². The van der Waals surface area contributed by atoms with Gasteiger partial charge in [-0.25, -0.2) is 4.98 Å². The first-order valence-electron chi connectivity index (χ1n) is 8.82. The summed E-state index contributed by atoms with van der Waals surface area (Å²) in [6.07, 6.45) is 4.20. The van der Waals surface area contributed by atoms with Gasteiger partial charge in [0, 0.05) is 24.0 Å². The average molecular weight is 337 g/mol. The topological polar surface area (TPSA) is 66.3 Å². The fraction of sp³-hybridized carbons (Fsp3) is 0.421. The normalized spacial score (nSPS) is 16.6. The molecule has 0 spiro atoms. The number of nitrogens with zero attached hydrogens (tertiary/aromatic N) is 4. The Morgan fingerprint density at radius 2 is 2.04 bits per heavy atom. The van der Waals surface area contributed by atoms with Crippen molar-refractivity contribution in [3.8, 4) is 0 Å². The Labute approximate surface area is 146 Å². The molecule has 1 fully saturated rings. The number of H-pyrrole nitrogens is 1. The van der Waals surface area contributed by atoms with Crippen LogP contribution in [0.4, 0.5) is 0 Å². The highest BCUT2D eigenvalue weighted by Gasteiger charge is 2.23. The molecule has 0 atom stereocenters. The molecule has 1 saturated heterocycles. The van der Waals surface area contributed by atoms with Crippen molar-refractivity contribution >= 4 is 5.65 Å². The minimum Gasteiger partial charge on any atom is -0.297 e. The number of nitrogens with one attached hydrogen (secondary N) is 1. The summed E-state index contributed by atoms with van der Waals surface area (Å²) in [6.45, 7) is 6.78. The molecule has 0 aliphatic carbocycles. The molecular weight excluding hydrogens is 314 g/mol. The number of likely N-dealkylation sites (tertiary alicyclic amines) is 1. The lowest BCUT2D eigenvalue weighted by molar-refractivity contribution is 0.202. The van der Waals surface area contributed by atoms with E-state index in [1.54, 1.807) is 10.5 Å². The monoisotopic (exact) mass is 337 g/mol. The molecule has 0 amide bonds. The van der Waals surface area contributed by atoms with Crippen LogP contribution in [0.1, 0.15) is 41.4 Å². The second-order valence-electron chi connectivity index (χ2n) is 6.95. The van der Waals surface area contributed by atoms with E-state index in [4.69, 9.17) is 0 Å². The van der Waals surface area contributed by atoms with Gasteiger partial charge < -0.3 is 0 Å². The van der Waals surface area contributed by atoms with Crippen LogP contribution in [0.5, 0.6) is 0 Å². The van der Waals surface area contributed by atoms with Crippen LogP contribution in [0, 0.1) is 13.8 Å². The third-order valence-corrected chi connectivity index (χ3v) is 5.22. The second kappa shape index (κ2) is 6.44. The lowest BCUT2D eigenvalue weighted by atomic mass is 9.90. The van der Waals surface area contributed by atoms with Crippen LogP contribution >= 0.6 is 0 Å². The molecule has 4 heterocycles. The standard InChI is InChI=1S/C19H23N5O/c1-13-4-3-5-18-21-16(10-19(25)24(13)18)12-23-8-6-15(7-9-23)17-11-20-22-14(17)2/h3-5,10-11,15H,6-9,12H2,1-2H3,(H,20,22). The highest BCUT2D eigenvalue weighted by molar-refractivity contribution is 5.40. The molecule has 1 aliphatic heterocycles. The molecule has 130 valence electrons. The molecule has 0 bridgehead atoms. The summed E-state index contributed by atoms with van der Waals surface area (Å²) in [5.74, 6) is 0.577. The van der Waals surface area contributed by atoms with Crippen LogP contribution in [-0.2, 0) is 6.54 Å². The van der Waals surface area contributed by atoms with Gasteiger partial charge in [-0.15, -0.1) is 0 Å². The first-order valence-corrected chi connectivity index (χ1v) is 8.82. The van der Waals surface area contributed by atoms with Crippen LogP contribution in [0.2, 0.25) is 0 Å². The minimum absolute atomic E-state index is 0.00186. The van der Waals surface area contributed by atoms with Crippen LogP contribution in [0.3, 0.4) is 0 Å². The van der Waals surface area contributed by atoms with Crippen molar-refractivity contribution in [2.24, 2.45) is 0 Å². The van der Waals surface area contributed by atoms with Gasteiger partial charge in [-0.1, -0.05) is 6.07 Å². The Hall–Kier alpha value is -2.47. The molecule has 3 aromatic heterocycles. The third-order valence-electron chi connectivity index (χ3n) is 5.22. The first kappa shape index (κ1) is 16.0. The van der Waals surface area contributed by atoms with Crippen LogP contribution < -0.4 is 5.56 Å². The molecule has 0 radical (unpaired) electrons. The van der Waals surface area contributed by atoms with E-state index in [9.17, 15) is 4.79 Å². The van der Waals surface area contributed by atoms with E-state index in [0.29, 0.717) is 5.92 Å². The van der Waals surface area contributed by atoms with Crippen LogP contribution in [0.15, 0.2) is 35.3 Å². The maximum absolute atomic E-state index is 12.4. The quantitative estimate of drug-likeness (QED) is 0.797. The fourth-order valence-corrected chi connectivity index (χ4v) is 3.85. The highest BCUT2D eigenvalue weighted by Crippen LogP contribution is 2.29. The zero-order chi connectivity index (χ0) is 17.4. The van der Waals surface area contributed by atoms with E-state index in [1.807, 2.05) is 31.3 Å². The zero-order valence-electron chi connectivity index (χ0n) is 14.7. The number of pyridine rings is 1. The Kier molecular flexibility index (Phi) is 4.13. The van der Waals surface area contributed by atoms with Crippen LogP contribution in [-0.4, -0.2) is 37.6 Å². The van der Waals surface area contributed by atoms with E-state index in [0.717, 1.165) is 49.5 Å². The maximum Gasteiger partial charge on any atom is 0.258 e. The van der Waals surface area contributed by atoms with Gasteiger partial charge in [0.2, 0.25) is 0 Å². The van der Waals surface area contributed by atoms with Crippen molar-refractivity contribution in [1.29, 1.82) is 0 Å². The number of aromatic nitrogens is 4. The smallest absolute Gasteiger partial charge is 0.258 e. The number of rotatable bonds is 3. The lowest BCUT2D eigenvalue weighted by Crippen LogP contribution is -2.33. The van der Waals surface area contributed by atoms with Gasteiger partial charge in [0.25, 0.3) is 5.56 Å². The summed E-state index contributed by atoms with van der Waals surface area (Å²) in [4.78, 5) is 19.5. The average Bonchev–Trinajstić information content (AvgIpc) is 3.01. The Bertz CT molecular complexity index is 950. The molecule has 4 rings (SSSR count). The van der Waals surface area contributed by atoms with Crippen molar-refractivity contribution in [2.45, 2.75) is 39.2 Å². The summed E-state index contributed by atoms with van der Waals surface area (Å²) >= 11 is 0. The fourth-order valence-electron chi connectivity index (χ4n) is 3.85. The number of hydrogen-bond donors (Lipinski definition) is 1. The van der Waals surface area contributed by atoms with Gasteiger partial charge in [0.05, 0.1) is 11.9 Å². The lowest BCUT2D eigenvalue weighted by Gasteiger charge is -2.31. The van der Waals surface area contributed by atoms with Gasteiger partial charge in [-0.05, 0) is 63.4 Å². The molecule has 25 heavy (non-hydrogen) atoms. The van der Waals surface area contributed by atoms with Crippen molar-refractivity contribution in [2.75, 3.05) is 13.1 Å². The number of aryl methyl sites for hydroxylation is 2. The molecule has 0 saturated carbocycles. The van der Waals surface area contributed by atoms with Crippen molar-refractivity contribution in [3.05, 3.63) is 63.5 Å². The molecule has 6 heteroatoms. The SMILES string of the molecule is Cc1[nH]ncc1C1CCN(Cc2cc(=O)n3c(C)cccc3n2)CC1.